The van der Waals surface area contributed by atoms with Crippen LogP contribution in [0.5, 0.6) is 11.5 Å². The fourth-order valence-electron chi connectivity index (χ4n) is 1.95. The molecule has 1 heterocycles. The molecule has 0 unspecified atom stereocenters. The average Bonchev–Trinajstić information content (AvgIpc) is 2.88. The van der Waals surface area contributed by atoms with Crippen molar-refractivity contribution in [2.24, 2.45) is 0 Å². The standard InChI is InChI=1S/C15H19NO2S/c1-15(2,14-4-3-7-19-14)10-16-9-11-5-6-12(17)13(18)8-11/h3-8,16-18H,9-10H2,1-2H3. The third-order valence-electron chi connectivity index (χ3n) is 3.12. The predicted octanol–water partition coefficient (Wildman–Crippen LogP) is 3.23. The Morgan fingerprint density at radius 1 is 1.16 bits per heavy atom. The zero-order valence-corrected chi connectivity index (χ0v) is 12.0. The largest absolute Gasteiger partial charge is 0.504 e. The van der Waals surface area contributed by atoms with Gasteiger partial charge in [0.05, 0.1) is 0 Å². The molecule has 0 aliphatic heterocycles. The van der Waals surface area contributed by atoms with E-state index in [1.165, 1.54) is 10.9 Å². The molecule has 19 heavy (non-hydrogen) atoms. The maximum absolute atomic E-state index is 9.43. The van der Waals surface area contributed by atoms with Crippen LogP contribution in [-0.2, 0) is 12.0 Å². The van der Waals surface area contributed by atoms with Gasteiger partial charge in [0.2, 0.25) is 0 Å². The zero-order valence-electron chi connectivity index (χ0n) is 11.2. The molecule has 4 heteroatoms. The van der Waals surface area contributed by atoms with Crippen molar-refractivity contribution in [2.75, 3.05) is 6.54 Å². The van der Waals surface area contributed by atoms with Crippen LogP contribution in [0.25, 0.3) is 0 Å². The summed E-state index contributed by atoms with van der Waals surface area (Å²) in [5.41, 5.74) is 1.05. The highest BCUT2D eigenvalue weighted by Gasteiger charge is 2.20. The number of benzene rings is 1. The third kappa shape index (κ3) is 3.49. The molecule has 0 fully saturated rings. The molecular formula is C15H19NO2S. The van der Waals surface area contributed by atoms with Gasteiger partial charge in [-0.15, -0.1) is 11.3 Å². The van der Waals surface area contributed by atoms with Crippen molar-refractivity contribution in [1.82, 2.24) is 5.32 Å². The van der Waals surface area contributed by atoms with E-state index < -0.39 is 0 Å². The van der Waals surface area contributed by atoms with Gasteiger partial charge in [0.1, 0.15) is 0 Å². The van der Waals surface area contributed by atoms with Crippen molar-refractivity contribution >= 4 is 11.3 Å². The van der Waals surface area contributed by atoms with E-state index in [9.17, 15) is 10.2 Å². The Bertz CT molecular complexity index is 535. The highest BCUT2D eigenvalue weighted by molar-refractivity contribution is 7.10. The van der Waals surface area contributed by atoms with Crippen LogP contribution in [0.1, 0.15) is 24.3 Å². The minimum Gasteiger partial charge on any atom is -0.504 e. The number of thiophene rings is 1. The van der Waals surface area contributed by atoms with Gasteiger partial charge in [0.25, 0.3) is 0 Å². The van der Waals surface area contributed by atoms with Crippen LogP contribution in [0, 0.1) is 0 Å². The summed E-state index contributed by atoms with van der Waals surface area (Å²) in [7, 11) is 0. The van der Waals surface area contributed by atoms with E-state index in [-0.39, 0.29) is 16.9 Å². The van der Waals surface area contributed by atoms with Crippen molar-refractivity contribution in [3.8, 4) is 11.5 Å². The number of hydrogen-bond donors (Lipinski definition) is 3. The summed E-state index contributed by atoms with van der Waals surface area (Å²) in [6.45, 7) is 5.94. The van der Waals surface area contributed by atoms with E-state index in [0.29, 0.717) is 6.54 Å². The van der Waals surface area contributed by atoms with E-state index in [0.717, 1.165) is 12.1 Å². The molecule has 0 bridgehead atoms. The number of phenolic OH excluding ortho intramolecular Hbond substituents is 2. The van der Waals surface area contributed by atoms with Crippen LogP contribution in [0.2, 0.25) is 0 Å². The van der Waals surface area contributed by atoms with E-state index in [2.05, 4.69) is 36.7 Å². The number of rotatable bonds is 5. The predicted molar refractivity (Wildman–Crippen MR) is 78.8 cm³/mol. The summed E-state index contributed by atoms with van der Waals surface area (Å²) in [4.78, 5) is 1.36. The molecule has 1 aromatic carbocycles. The van der Waals surface area contributed by atoms with Crippen molar-refractivity contribution in [3.63, 3.8) is 0 Å². The lowest BCUT2D eigenvalue weighted by Gasteiger charge is -2.23. The second kappa shape index (κ2) is 5.63. The normalized spacial score (nSPS) is 11.7. The van der Waals surface area contributed by atoms with Gasteiger partial charge in [0.15, 0.2) is 11.5 Å². The van der Waals surface area contributed by atoms with E-state index in [4.69, 9.17) is 0 Å². The number of aromatic hydroxyl groups is 2. The maximum atomic E-state index is 9.43. The monoisotopic (exact) mass is 277 g/mol. The molecular weight excluding hydrogens is 258 g/mol. The molecule has 0 radical (unpaired) electrons. The molecule has 1 aromatic heterocycles. The lowest BCUT2D eigenvalue weighted by Crippen LogP contribution is -2.31. The van der Waals surface area contributed by atoms with Gasteiger partial charge in [-0.2, -0.15) is 0 Å². The van der Waals surface area contributed by atoms with Crippen LogP contribution in [-0.4, -0.2) is 16.8 Å². The topological polar surface area (TPSA) is 52.5 Å². The van der Waals surface area contributed by atoms with Crippen molar-refractivity contribution in [2.45, 2.75) is 25.8 Å². The minimum absolute atomic E-state index is 0.0724. The van der Waals surface area contributed by atoms with Crippen molar-refractivity contribution < 1.29 is 10.2 Å². The molecule has 2 aromatic rings. The fraction of sp³-hybridized carbons (Fsp3) is 0.333. The summed E-state index contributed by atoms with van der Waals surface area (Å²) >= 11 is 1.77. The van der Waals surface area contributed by atoms with Gasteiger partial charge in [-0.25, -0.2) is 0 Å². The Morgan fingerprint density at radius 2 is 1.95 bits per heavy atom. The first kappa shape index (κ1) is 13.9. The summed E-state index contributed by atoms with van der Waals surface area (Å²) in [6, 6.07) is 9.12. The van der Waals surface area contributed by atoms with Crippen LogP contribution in [0.3, 0.4) is 0 Å². The summed E-state index contributed by atoms with van der Waals surface area (Å²) in [5.74, 6) is -0.153. The van der Waals surface area contributed by atoms with Crippen molar-refractivity contribution in [1.29, 1.82) is 0 Å². The molecule has 3 N–H and O–H groups in total. The van der Waals surface area contributed by atoms with Gasteiger partial charge < -0.3 is 15.5 Å². The van der Waals surface area contributed by atoms with Gasteiger partial charge in [-0.1, -0.05) is 26.0 Å². The molecule has 0 amide bonds. The lowest BCUT2D eigenvalue weighted by atomic mass is 9.91. The minimum atomic E-state index is -0.0809. The average molecular weight is 277 g/mol. The number of hydrogen-bond acceptors (Lipinski definition) is 4. The molecule has 0 aliphatic carbocycles. The Hall–Kier alpha value is -1.52. The highest BCUT2D eigenvalue weighted by Crippen LogP contribution is 2.27. The first-order valence-electron chi connectivity index (χ1n) is 6.24. The lowest BCUT2D eigenvalue weighted by molar-refractivity contribution is 0.402. The Labute approximate surface area is 117 Å². The molecule has 0 aliphatic rings. The van der Waals surface area contributed by atoms with Crippen LogP contribution in [0.4, 0.5) is 0 Å². The van der Waals surface area contributed by atoms with Crippen molar-refractivity contribution in [3.05, 3.63) is 46.2 Å². The van der Waals surface area contributed by atoms with Gasteiger partial charge in [-0.3, -0.25) is 0 Å². The smallest absolute Gasteiger partial charge is 0.157 e. The fourth-order valence-corrected chi connectivity index (χ4v) is 2.80. The summed E-state index contributed by atoms with van der Waals surface area (Å²) < 4.78 is 0. The summed E-state index contributed by atoms with van der Waals surface area (Å²) in [6.07, 6.45) is 0. The van der Waals surface area contributed by atoms with Gasteiger partial charge in [-0.05, 0) is 29.1 Å². The van der Waals surface area contributed by atoms with Crippen LogP contribution < -0.4 is 5.32 Å². The first-order chi connectivity index (χ1) is 8.99. The zero-order chi connectivity index (χ0) is 13.9. The van der Waals surface area contributed by atoms with E-state index in [1.807, 2.05) is 0 Å². The maximum Gasteiger partial charge on any atom is 0.157 e. The SMILES string of the molecule is CC(C)(CNCc1ccc(O)c(O)c1)c1cccs1. The molecule has 0 saturated heterocycles. The molecule has 0 saturated carbocycles. The third-order valence-corrected chi connectivity index (χ3v) is 4.36. The quantitative estimate of drug-likeness (QED) is 0.735. The number of phenols is 2. The van der Waals surface area contributed by atoms with Gasteiger partial charge in [0, 0.05) is 23.4 Å². The Balaban J connectivity index is 1.91. The molecule has 3 nitrogen and oxygen atoms in total. The Morgan fingerprint density at radius 3 is 2.58 bits per heavy atom. The second-order valence-electron chi connectivity index (χ2n) is 5.29. The van der Waals surface area contributed by atoms with E-state index in [1.54, 1.807) is 23.5 Å². The first-order valence-corrected chi connectivity index (χ1v) is 7.12. The van der Waals surface area contributed by atoms with Crippen LogP contribution >= 0.6 is 11.3 Å². The molecule has 102 valence electrons. The molecule has 2 rings (SSSR count). The van der Waals surface area contributed by atoms with E-state index >= 15 is 0 Å². The summed E-state index contributed by atoms with van der Waals surface area (Å²) in [5, 5.41) is 24.2. The van der Waals surface area contributed by atoms with Crippen LogP contribution in [0.15, 0.2) is 35.7 Å². The molecule has 0 spiro atoms. The highest BCUT2D eigenvalue weighted by atomic mass is 32.1. The van der Waals surface area contributed by atoms with Gasteiger partial charge >= 0.3 is 0 Å². The molecule has 0 atom stereocenters. The number of nitrogens with one attached hydrogen (secondary N) is 1. The Kier molecular flexibility index (Phi) is 4.12. The second-order valence-corrected chi connectivity index (χ2v) is 6.24.